The fraction of sp³-hybridized carbons (Fsp3) is 0.375. The Bertz CT molecular complexity index is 1290. The van der Waals surface area contributed by atoms with E-state index in [2.05, 4.69) is 5.32 Å². The quantitative estimate of drug-likeness (QED) is 0.478. The Hall–Kier alpha value is -3.24. The van der Waals surface area contributed by atoms with Gasteiger partial charge in [0.05, 0.1) is 18.2 Å². The zero-order chi connectivity index (χ0) is 25.5. The van der Waals surface area contributed by atoms with E-state index in [1.165, 1.54) is 10.8 Å². The van der Waals surface area contributed by atoms with Crippen LogP contribution in [0.3, 0.4) is 0 Å². The zero-order valence-corrected chi connectivity index (χ0v) is 19.9. The van der Waals surface area contributed by atoms with Crippen LogP contribution in [0.2, 0.25) is 5.02 Å². The maximum absolute atomic E-state index is 14.2. The zero-order valence-electron chi connectivity index (χ0n) is 19.1. The highest BCUT2D eigenvalue weighted by Gasteiger charge is 2.51. The predicted octanol–water partition coefficient (Wildman–Crippen LogP) is 3.17. The summed E-state index contributed by atoms with van der Waals surface area (Å²) in [5.74, 6) is -4.25. The van der Waals surface area contributed by atoms with Crippen LogP contribution in [-0.4, -0.2) is 51.7 Å². The van der Waals surface area contributed by atoms with Crippen LogP contribution >= 0.6 is 11.6 Å². The molecule has 186 valence electrons. The molecule has 3 heterocycles. The van der Waals surface area contributed by atoms with Crippen molar-refractivity contribution >= 4 is 23.4 Å². The van der Waals surface area contributed by atoms with Crippen molar-refractivity contribution in [1.29, 1.82) is 0 Å². The number of pyridine rings is 1. The minimum atomic E-state index is -1.03. The standard InChI is InChI=1S/C24H24ClF2N3O5/c1-3-4-8-30-23(34)19-21(32)20(31)14(11-29(19)16-7-9-35-12-24(16,30)2)22(33)28-10-13-5-6-15(26)17(25)18(13)27/h3-6,11,16,32H,7-10,12H2,1-2H3,(H,28,33)/b4-3-/t16-,24+/m0/s1. The molecule has 0 spiro atoms. The highest BCUT2D eigenvalue weighted by molar-refractivity contribution is 6.30. The summed E-state index contributed by atoms with van der Waals surface area (Å²) >= 11 is 5.58. The molecular formula is C24H24ClF2N3O5. The Balaban J connectivity index is 1.72. The number of ether oxygens (including phenoxy) is 1. The number of aromatic hydroxyl groups is 1. The second-order valence-electron chi connectivity index (χ2n) is 8.69. The first-order valence-corrected chi connectivity index (χ1v) is 11.4. The average molecular weight is 508 g/mol. The number of fused-ring (bicyclic) bond motifs is 3. The van der Waals surface area contributed by atoms with Crippen LogP contribution in [0.1, 0.15) is 52.7 Å². The molecule has 35 heavy (non-hydrogen) atoms. The van der Waals surface area contributed by atoms with Gasteiger partial charge in [0.2, 0.25) is 5.43 Å². The molecule has 0 radical (unpaired) electrons. The number of carbonyl (C=O) groups is 2. The largest absolute Gasteiger partial charge is 0.503 e. The molecule has 4 rings (SSSR count). The number of allylic oxidation sites excluding steroid dienone is 1. The average Bonchev–Trinajstić information content (AvgIpc) is 2.83. The lowest BCUT2D eigenvalue weighted by Gasteiger charge is -2.53. The maximum Gasteiger partial charge on any atom is 0.275 e. The second kappa shape index (κ2) is 9.43. The number of carbonyl (C=O) groups excluding carboxylic acids is 2. The van der Waals surface area contributed by atoms with E-state index in [1.807, 2.05) is 13.8 Å². The third kappa shape index (κ3) is 4.10. The third-order valence-electron chi connectivity index (χ3n) is 6.58. The summed E-state index contributed by atoms with van der Waals surface area (Å²) in [4.78, 5) is 40.7. The number of hydrogen-bond donors (Lipinski definition) is 2. The van der Waals surface area contributed by atoms with Gasteiger partial charge in [-0.05, 0) is 26.3 Å². The summed E-state index contributed by atoms with van der Waals surface area (Å²) in [7, 11) is 0. The van der Waals surface area contributed by atoms with Gasteiger partial charge in [0.25, 0.3) is 11.8 Å². The van der Waals surface area contributed by atoms with Gasteiger partial charge in [-0.1, -0.05) is 29.8 Å². The lowest BCUT2D eigenvalue weighted by Crippen LogP contribution is -2.63. The summed E-state index contributed by atoms with van der Waals surface area (Å²) in [5.41, 5.74) is -2.51. The lowest BCUT2D eigenvalue weighted by molar-refractivity contribution is -0.0668. The molecular weight excluding hydrogens is 484 g/mol. The number of hydrogen-bond acceptors (Lipinski definition) is 5. The minimum Gasteiger partial charge on any atom is -0.503 e. The van der Waals surface area contributed by atoms with Crippen molar-refractivity contribution in [2.75, 3.05) is 19.8 Å². The first-order valence-electron chi connectivity index (χ1n) is 11.0. The molecule has 0 unspecified atom stereocenters. The Labute approximate surface area is 204 Å². The fourth-order valence-corrected chi connectivity index (χ4v) is 4.84. The molecule has 8 nitrogen and oxygen atoms in total. The molecule has 0 aliphatic carbocycles. The molecule has 11 heteroatoms. The van der Waals surface area contributed by atoms with E-state index < -0.39 is 50.8 Å². The number of rotatable bonds is 5. The van der Waals surface area contributed by atoms with E-state index in [-0.39, 0.29) is 37.0 Å². The molecule has 1 fully saturated rings. The van der Waals surface area contributed by atoms with Crippen molar-refractivity contribution in [1.82, 2.24) is 14.8 Å². The fourth-order valence-electron chi connectivity index (χ4n) is 4.65. The van der Waals surface area contributed by atoms with Crippen LogP contribution in [0.15, 0.2) is 35.3 Å². The van der Waals surface area contributed by atoms with Gasteiger partial charge >= 0.3 is 0 Å². The summed E-state index contributed by atoms with van der Waals surface area (Å²) in [6.45, 7) is 4.18. The number of nitrogens with zero attached hydrogens (tertiary/aromatic N) is 2. The lowest BCUT2D eigenvalue weighted by atomic mass is 9.83. The number of nitrogens with one attached hydrogen (secondary N) is 1. The molecule has 0 bridgehead atoms. The van der Waals surface area contributed by atoms with Crippen LogP contribution in [0.4, 0.5) is 8.78 Å². The molecule has 2 amide bonds. The number of benzene rings is 1. The summed E-state index contributed by atoms with van der Waals surface area (Å²) in [5, 5.41) is 12.4. The molecule has 2 atom stereocenters. The van der Waals surface area contributed by atoms with Crippen molar-refractivity contribution in [3.63, 3.8) is 0 Å². The molecule has 2 N–H and O–H groups in total. The van der Waals surface area contributed by atoms with E-state index in [0.717, 1.165) is 12.1 Å². The molecule has 1 aromatic heterocycles. The molecule has 1 aromatic carbocycles. The number of amides is 2. The van der Waals surface area contributed by atoms with Gasteiger partial charge in [0.1, 0.15) is 22.2 Å². The van der Waals surface area contributed by atoms with E-state index in [4.69, 9.17) is 16.3 Å². The van der Waals surface area contributed by atoms with Crippen molar-refractivity contribution in [2.24, 2.45) is 0 Å². The minimum absolute atomic E-state index is 0.0844. The van der Waals surface area contributed by atoms with Crippen molar-refractivity contribution in [3.05, 3.63) is 74.2 Å². The Morgan fingerprint density at radius 2 is 2.11 bits per heavy atom. The van der Waals surface area contributed by atoms with E-state index in [0.29, 0.717) is 13.0 Å². The first-order chi connectivity index (χ1) is 16.6. The normalized spacial score (nSPS) is 21.7. The van der Waals surface area contributed by atoms with Crippen molar-refractivity contribution in [3.8, 4) is 5.75 Å². The van der Waals surface area contributed by atoms with Gasteiger partial charge in [-0.25, -0.2) is 8.78 Å². The van der Waals surface area contributed by atoms with E-state index in [9.17, 15) is 28.3 Å². The first kappa shape index (κ1) is 24.9. The van der Waals surface area contributed by atoms with Crippen molar-refractivity contribution < 1.29 is 28.2 Å². The topological polar surface area (TPSA) is 101 Å². The van der Waals surface area contributed by atoms with Gasteiger partial charge in [0, 0.05) is 31.5 Å². The monoisotopic (exact) mass is 507 g/mol. The van der Waals surface area contributed by atoms with Gasteiger partial charge in [-0.15, -0.1) is 0 Å². The van der Waals surface area contributed by atoms with Crippen molar-refractivity contribution in [2.45, 2.75) is 38.4 Å². The Morgan fingerprint density at radius 1 is 1.37 bits per heavy atom. The smallest absolute Gasteiger partial charge is 0.275 e. The van der Waals surface area contributed by atoms with Crippen LogP contribution in [-0.2, 0) is 11.3 Å². The SMILES string of the molecule is C/C=C\CN1C(=O)c2c(O)c(=O)c(C(=O)NCc3ccc(F)c(Cl)c3F)cn2[C@H]2CCOC[C@]21C. The van der Waals surface area contributed by atoms with Crippen LogP contribution in [0, 0.1) is 11.6 Å². The highest BCUT2D eigenvalue weighted by atomic mass is 35.5. The summed E-state index contributed by atoms with van der Waals surface area (Å²) in [6.07, 6.45) is 5.31. The molecule has 2 aromatic rings. The molecule has 2 aliphatic rings. The van der Waals surface area contributed by atoms with Gasteiger partial charge in [-0.2, -0.15) is 0 Å². The van der Waals surface area contributed by atoms with Gasteiger partial charge < -0.3 is 24.6 Å². The summed E-state index contributed by atoms with van der Waals surface area (Å²) in [6, 6.07) is 1.71. The number of aromatic nitrogens is 1. The molecule has 2 aliphatic heterocycles. The van der Waals surface area contributed by atoms with E-state index >= 15 is 0 Å². The maximum atomic E-state index is 14.2. The van der Waals surface area contributed by atoms with Gasteiger partial charge in [-0.3, -0.25) is 14.4 Å². The Kier molecular flexibility index (Phi) is 6.70. The van der Waals surface area contributed by atoms with Crippen LogP contribution < -0.4 is 10.7 Å². The van der Waals surface area contributed by atoms with Crippen LogP contribution in [0.5, 0.6) is 5.75 Å². The van der Waals surface area contributed by atoms with E-state index in [1.54, 1.807) is 17.1 Å². The van der Waals surface area contributed by atoms with Crippen LogP contribution in [0.25, 0.3) is 0 Å². The second-order valence-corrected chi connectivity index (χ2v) is 9.07. The predicted molar refractivity (Wildman–Crippen MR) is 124 cm³/mol. The Morgan fingerprint density at radius 3 is 2.83 bits per heavy atom. The third-order valence-corrected chi connectivity index (χ3v) is 6.93. The molecule has 1 saturated heterocycles. The number of halogens is 3. The highest BCUT2D eigenvalue weighted by Crippen LogP contribution is 2.42. The van der Waals surface area contributed by atoms with Gasteiger partial charge in [0.15, 0.2) is 11.4 Å². The molecule has 0 saturated carbocycles. The summed E-state index contributed by atoms with van der Waals surface area (Å²) < 4.78 is 34.7.